The van der Waals surface area contributed by atoms with Gasteiger partial charge in [-0.25, -0.2) is 9.48 Å². The average molecular weight is 363 g/mol. The van der Waals surface area contributed by atoms with Crippen molar-refractivity contribution in [2.75, 3.05) is 26.4 Å². The van der Waals surface area contributed by atoms with E-state index in [1.807, 2.05) is 23.7 Å². The number of ether oxygens (including phenoxy) is 2. The molecule has 142 valence electrons. The summed E-state index contributed by atoms with van der Waals surface area (Å²) in [5.41, 5.74) is 2.47. The van der Waals surface area contributed by atoms with E-state index >= 15 is 0 Å². The molecule has 1 aliphatic heterocycles. The van der Waals surface area contributed by atoms with Crippen molar-refractivity contribution in [2.24, 2.45) is 0 Å². The molecule has 1 saturated heterocycles. The second kappa shape index (κ2) is 8.48. The average Bonchev–Trinajstić information content (AvgIpc) is 3.07. The van der Waals surface area contributed by atoms with Crippen molar-refractivity contribution in [1.29, 1.82) is 0 Å². The summed E-state index contributed by atoms with van der Waals surface area (Å²) in [6, 6.07) is 3.85. The summed E-state index contributed by atoms with van der Waals surface area (Å²) in [4.78, 5) is 11.5. The molecule has 2 unspecified atom stereocenters. The van der Waals surface area contributed by atoms with Gasteiger partial charge in [0.2, 0.25) is 0 Å². The van der Waals surface area contributed by atoms with Crippen LogP contribution in [0.2, 0.25) is 0 Å². The zero-order valence-corrected chi connectivity index (χ0v) is 14.9. The highest BCUT2D eigenvalue weighted by atomic mass is 16.6. The van der Waals surface area contributed by atoms with Gasteiger partial charge in [0.05, 0.1) is 18.3 Å². The molecule has 0 bridgehead atoms. The molecular weight excluding hydrogens is 338 g/mol. The number of benzene rings is 1. The summed E-state index contributed by atoms with van der Waals surface area (Å²) >= 11 is 0. The Morgan fingerprint density at radius 2 is 2.35 bits per heavy atom. The Labute approximate surface area is 151 Å². The van der Waals surface area contributed by atoms with E-state index in [0.29, 0.717) is 5.56 Å². The Bertz CT molecular complexity index is 755. The van der Waals surface area contributed by atoms with Crippen LogP contribution in [-0.2, 0) is 9.47 Å². The summed E-state index contributed by atoms with van der Waals surface area (Å²) in [5, 5.41) is 27.0. The molecule has 3 rings (SSSR count). The highest BCUT2D eigenvalue weighted by Crippen LogP contribution is 2.29. The maximum absolute atomic E-state index is 11.5. The number of carbonyl (C=O) groups is 1. The summed E-state index contributed by atoms with van der Waals surface area (Å²) < 4.78 is 12.7. The fourth-order valence-corrected chi connectivity index (χ4v) is 3.18. The minimum atomic E-state index is -0.949. The molecule has 2 heterocycles. The second-order valence-electron chi connectivity index (χ2n) is 6.44. The molecule has 2 atom stereocenters. The largest absolute Gasteiger partial charge is 0.446 e. The number of nitrogens with one attached hydrogen (secondary N) is 1. The van der Waals surface area contributed by atoms with E-state index < -0.39 is 12.2 Å². The van der Waals surface area contributed by atoms with Gasteiger partial charge < -0.3 is 25.0 Å². The predicted octanol–water partition coefficient (Wildman–Crippen LogP) is 1.80. The summed E-state index contributed by atoms with van der Waals surface area (Å²) in [6.07, 6.45) is 3.17. The molecule has 1 amide bonds. The van der Waals surface area contributed by atoms with E-state index in [1.54, 1.807) is 6.20 Å². The number of aromatic nitrogens is 2. The summed E-state index contributed by atoms with van der Waals surface area (Å²) in [6.45, 7) is 2.40. The van der Waals surface area contributed by atoms with Crippen LogP contribution in [0.3, 0.4) is 0 Å². The van der Waals surface area contributed by atoms with E-state index in [4.69, 9.17) is 14.6 Å². The third-order valence-electron chi connectivity index (χ3n) is 4.52. The zero-order valence-electron chi connectivity index (χ0n) is 14.9. The van der Waals surface area contributed by atoms with Crippen LogP contribution in [0.4, 0.5) is 4.79 Å². The molecule has 0 aliphatic carbocycles. The van der Waals surface area contributed by atoms with Gasteiger partial charge in [-0.05, 0) is 49.4 Å². The molecule has 3 N–H and O–H groups in total. The van der Waals surface area contributed by atoms with Crippen molar-refractivity contribution < 1.29 is 24.5 Å². The molecule has 0 spiro atoms. The van der Waals surface area contributed by atoms with Crippen LogP contribution < -0.4 is 5.32 Å². The van der Waals surface area contributed by atoms with E-state index in [1.165, 1.54) is 0 Å². The first-order chi connectivity index (χ1) is 12.6. The van der Waals surface area contributed by atoms with Crippen molar-refractivity contribution in [3.63, 3.8) is 0 Å². The SMILES string of the molecule is Cc1cc2cnn(C3CCCCO3)c2cc1C(O)COC(=O)NCCO. The fourth-order valence-electron chi connectivity index (χ4n) is 3.18. The van der Waals surface area contributed by atoms with Crippen molar-refractivity contribution in [2.45, 2.75) is 38.5 Å². The number of aliphatic hydroxyl groups excluding tert-OH is 2. The highest BCUT2D eigenvalue weighted by molar-refractivity contribution is 5.80. The summed E-state index contributed by atoms with van der Waals surface area (Å²) in [5.74, 6) is 0. The molecule has 8 heteroatoms. The van der Waals surface area contributed by atoms with E-state index in [2.05, 4.69) is 10.4 Å². The lowest BCUT2D eigenvalue weighted by atomic mass is 10.0. The standard InChI is InChI=1S/C18H25N3O5/c1-12-8-13-10-20-21(17-4-2-3-7-25-17)15(13)9-14(12)16(23)11-26-18(24)19-5-6-22/h8-10,16-17,22-23H,2-7,11H2,1H3,(H,19,24). The van der Waals surface area contributed by atoms with Gasteiger partial charge in [0.1, 0.15) is 12.7 Å². The third kappa shape index (κ3) is 4.14. The fraction of sp³-hybridized carbons (Fsp3) is 0.556. The van der Waals surface area contributed by atoms with Crippen molar-refractivity contribution in [3.05, 3.63) is 29.5 Å². The Hall–Kier alpha value is -2.16. The van der Waals surface area contributed by atoms with Crippen molar-refractivity contribution >= 4 is 17.0 Å². The van der Waals surface area contributed by atoms with Gasteiger partial charge in [0.15, 0.2) is 6.23 Å². The van der Waals surface area contributed by atoms with Crippen molar-refractivity contribution in [1.82, 2.24) is 15.1 Å². The van der Waals surface area contributed by atoms with Crippen molar-refractivity contribution in [3.8, 4) is 0 Å². The van der Waals surface area contributed by atoms with Gasteiger partial charge in [-0.2, -0.15) is 5.10 Å². The zero-order chi connectivity index (χ0) is 18.5. The first kappa shape index (κ1) is 18.6. The lowest BCUT2D eigenvalue weighted by Crippen LogP contribution is -2.28. The molecule has 26 heavy (non-hydrogen) atoms. The number of nitrogens with zero attached hydrogens (tertiary/aromatic N) is 2. The van der Waals surface area contributed by atoms with Gasteiger partial charge in [-0.15, -0.1) is 0 Å². The number of aliphatic hydroxyl groups is 2. The quantitative estimate of drug-likeness (QED) is 0.723. The van der Waals surface area contributed by atoms with Crippen LogP contribution in [0.15, 0.2) is 18.3 Å². The molecule has 1 aliphatic rings. The number of hydrogen-bond donors (Lipinski definition) is 3. The second-order valence-corrected chi connectivity index (χ2v) is 6.44. The lowest BCUT2D eigenvalue weighted by molar-refractivity contribution is -0.0367. The number of fused-ring (bicyclic) bond motifs is 1. The van der Waals surface area contributed by atoms with Gasteiger partial charge in [0.25, 0.3) is 0 Å². The predicted molar refractivity (Wildman–Crippen MR) is 94.7 cm³/mol. The third-order valence-corrected chi connectivity index (χ3v) is 4.52. The number of hydrogen-bond acceptors (Lipinski definition) is 6. The molecule has 8 nitrogen and oxygen atoms in total. The van der Waals surface area contributed by atoms with Crippen LogP contribution in [0.25, 0.3) is 10.9 Å². The number of carbonyl (C=O) groups excluding carboxylic acids is 1. The van der Waals surface area contributed by atoms with E-state index in [-0.39, 0.29) is 26.0 Å². The van der Waals surface area contributed by atoms with Crippen LogP contribution >= 0.6 is 0 Å². The maximum Gasteiger partial charge on any atom is 0.407 e. The first-order valence-corrected chi connectivity index (χ1v) is 8.89. The Kier molecular flexibility index (Phi) is 6.08. The number of alkyl carbamates (subject to hydrolysis) is 1. The van der Waals surface area contributed by atoms with Gasteiger partial charge in [-0.3, -0.25) is 0 Å². The Morgan fingerprint density at radius 3 is 3.08 bits per heavy atom. The normalized spacial score (nSPS) is 18.7. The van der Waals surface area contributed by atoms with E-state index in [9.17, 15) is 9.90 Å². The number of amides is 1. The lowest BCUT2D eigenvalue weighted by Gasteiger charge is -2.24. The summed E-state index contributed by atoms with van der Waals surface area (Å²) in [7, 11) is 0. The molecule has 0 saturated carbocycles. The van der Waals surface area contributed by atoms with Crippen LogP contribution in [0, 0.1) is 6.92 Å². The maximum atomic E-state index is 11.5. The van der Waals surface area contributed by atoms with Crippen LogP contribution in [-0.4, -0.2) is 52.5 Å². The number of aryl methyl sites for hydroxylation is 1. The minimum Gasteiger partial charge on any atom is -0.446 e. The molecular formula is C18H25N3O5. The Balaban J connectivity index is 1.77. The van der Waals surface area contributed by atoms with Gasteiger partial charge in [-0.1, -0.05) is 0 Å². The van der Waals surface area contributed by atoms with Crippen LogP contribution in [0.1, 0.15) is 42.7 Å². The molecule has 1 aromatic heterocycles. The van der Waals surface area contributed by atoms with Gasteiger partial charge in [0, 0.05) is 18.5 Å². The first-order valence-electron chi connectivity index (χ1n) is 8.89. The molecule has 2 aromatic rings. The van der Waals surface area contributed by atoms with Gasteiger partial charge >= 0.3 is 6.09 Å². The molecule has 0 radical (unpaired) electrons. The van der Waals surface area contributed by atoms with Crippen LogP contribution in [0.5, 0.6) is 0 Å². The Morgan fingerprint density at radius 1 is 1.50 bits per heavy atom. The topological polar surface area (TPSA) is 106 Å². The molecule has 1 fully saturated rings. The van der Waals surface area contributed by atoms with E-state index in [0.717, 1.165) is 42.3 Å². The smallest absolute Gasteiger partial charge is 0.407 e. The highest BCUT2D eigenvalue weighted by Gasteiger charge is 2.21. The molecule has 1 aromatic carbocycles. The number of rotatable bonds is 6. The minimum absolute atomic E-state index is 0.0885. The monoisotopic (exact) mass is 363 g/mol.